The van der Waals surface area contributed by atoms with E-state index in [1.54, 1.807) is 22.7 Å². The highest BCUT2D eigenvalue weighted by Gasteiger charge is 2.26. The van der Waals surface area contributed by atoms with Gasteiger partial charge in [0.15, 0.2) is 11.5 Å². The van der Waals surface area contributed by atoms with Gasteiger partial charge in [-0.05, 0) is 31.2 Å². The van der Waals surface area contributed by atoms with E-state index in [9.17, 15) is 4.39 Å². The second kappa shape index (κ2) is 6.05. The first-order valence-electron chi connectivity index (χ1n) is 8.01. The van der Waals surface area contributed by atoms with Gasteiger partial charge in [-0.2, -0.15) is 16.3 Å². The smallest absolute Gasteiger partial charge is 0.188 e. The molecule has 3 heterocycles. The predicted octanol–water partition coefficient (Wildman–Crippen LogP) is 3.26. The van der Waals surface area contributed by atoms with Gasteiger partial charge in [0.1, 0.15) is 11.6 Å². The summed E-state index contributed by atoms with van der Waals surface area (Å²) in [6.45, 7) is 5.40. The molecule has 1 saturated heterocycles. The molecule has 2 atom stereocenters. The third-order valence-electron chi connectivity index (χ3n) is 4.54. The Morgan fingerprint density at radius 3 is 2.79 bits per heavy atom. The Balaban J connectivity index is 1.81. The number of thioether (sulfide) groups is 1. The largest absolute Gasteiger partial charge is 0.351 e. The van der Waals surface area contributed by atoms with Crippen LogP contribution in [0.25, 0.3) is 17.0 Å². The molecule has 1 aliphatic heterocycles. The summed E-state index contributed by atoms with van der Waals surface area (Å²) in [6, 6.07) is 10.8. The summed E-state index contributed by atoms with van der Waals surface area (Å²) in [5.74, 6) is 2.06. The highest BCUT2D eigenvalue weighted by Crippen LogP contribution is 2.28. The van der Waals surface area contributed by atoms with E-state index in [2.05, 4.69) is 28.9 Å². The molecule has 0 bridgehead atoms. The zero-order chi connectivity index (χ0) is 16.7. The fraction of sp³-hybridized carbons (Fsp3) is 0.353. The van der Waals surface area contributed by atoms with Crippen molar-refractivity contribution in [1.82, 2.24) is 19.8 Å². The first-order chi connectivity index (χ1) is 11.6. The van der Waals surface area contributed by atoms with Crippen LogP contribution >= 0.6 is 11.8 Å². The van der Waals surface area contributed by atoms with Crippen LogP contribution in [0.5, 0.6) is 0 Å². The maximum absolute atomic E-state index is 14.1. The maximum Gasteiger partial charge on any atom is 0.188 e. The van der Waals surface area contributed by atoms with Crippen molar-refractivity contribution < 1.29 is 4.39 Å². The minimum absolute atomic E-state index is 0.324. The van der Waals surface area contributed by atoms with E-state index >= 15 is 0 Å². The molecule has 0 radical (unpaired) electrons. The van der Waals surface area contributed by atoms with Crippen molar-refractivity contribution in [2.45, 2.75) is 25.1 Å². The lowest BCUT2D eigenvalue weighted by Gasteiger charge is -2.38. The van der Waals surface area contributed by atoms with E-state index in [0.29, 0.717) is 28.3 Å². The average molecular weight is 343 g/mol. The number of rotatable bonds is 2. The molecule has 1 fully saturated rings. The summed E-state index contributed by atoms with van der Waals surface area (Å²) < 4.78 is 15.8. The van der Waals surface area contributed by atoms with E-state index in [-0.39, 0.29) is 5.82 Å². The van der Waals surface area contributed by atoms with Gasteiger partial charge < -0.3 is 4.90 Å². The van der Waals surface area contributed by atoms with Crippen LogP contribution in [0.4, 0.5) is 10.2 Å². The third-order valence-corrected chi connectivity index (χ3v) is 5.88. The molecule has 2 unspecified atom stereocenters. The fourth-order valence-electron chi connectivity index (χ4n) is 3.00. The number of hydrogen-bond acceptors (Lipinski definition) is 5. The van der Waals surface area contributed by atoms with E-state index < -0.39 is 0 Å². The minimum atomic E-state index is -0.324. The zero-order valence-corrected chi connectivity index (χ0v) is 14.4. The van der Waals surface area contributed by atoms with E-state index in [4.69, 9.17) is 5.10 Å². The molecule has 1 aliphatic rings. The van der Waals surface area contributed by atoms with Crippen LogP contribution in [0, 0.1) is 5.82 Å². The van der Waals surface area contributed by atoms with Crippen molar-refractivity contribution in [3.63, 3.8) is 0 Å². The molecule has 3 aromatic rings. The van der Waals surface area contributed by atoms with E-state index in [1.807, 2.05) is 23.9 Å². The Bertz CT molecular complexity index is 880. The summed E-state index contributed by atoms with van der Waals surface area (Å²) in [5.41, 5.74) is 1.02. The summed E-state index contributed by atoms with van der Waals surface area (Å²) in [4.78, 5) is 2.30. The van der Waals surface area contributed by atoms with Crippen LogP contribution in [0.2, 0.25) is 0 Å². The molecular weight excluding hydrogens is 325 g/mol. The Kier molecular flexibility index (Phi) is 3.88. The first-order valence-corrected chi connectivity index (χ1v) is 9.05. The van der Waals surface area contributed by atoms with Crippen molar-refractivity contribution in [2.75, 3.05) is 17.2 Å². The van der Waals surface area contributed by atoms with Crippen molar-refractivity contribution in [3.8, 4) is 11.4 Å². The van der Waals surface area contributed by atoms with Crippen LogP contribution in [-0.4, -0.2) is 43.4 Å². The number of hydrogen-bond donors (Lipinski definition) is 0. The molecule has 24 heavy (non-hydrogen) atoms. The van der Waals surface area contributed by atoms with E-state index in [1.165, 1.54) is 6.07 Å². The molecule has 0 amide bonds. The summed E-state index contributed by atoms with van der Waals surface area (Å²) in [5, 5.41) is 13.5. The molecule has 0 saturated carbocycles. The topological polar surface area (TPSA) is 46.3 Å². The normalized spacial score (nSPS) is 21.4. The average Bonchev–Trinajstić information content (AvgIpc) is 3.01. The lowest BCUT2D eigenvalue weighted by molar-refractivity contribution is 0.613. The summed E-state index contributed by atoms with van der Waals surface area (Å²) in [6.07, 6.45) is 0. The minimum Gasteiger partial charge on any atom is -0.351 e. The Morgan fingerprint density at radius 1 is 1.12 bits per heavy atom. The molecule has 0 spiro atoms. The second-order valence-electron chi connectivity index (χ2n) is 5.97. The van der Waals surface area contributed by atoms with Gasteiger partial charge in [-0.3, -0.25) is 0 Å². The Hall–Kier alpha value is -2.15. The van der Waals surface area contributed by atoms with Gasteiger partial charge in [-0.25, -0.2) is 4.39 Å². The SMILES string of the molecule is CC1SCCN(c2ccc3nnc(-c4ccccc4F)n3n2)C1C. The lowest BCUT2D eigenvalue weighted by Crippen LogP contribution is -2.45. The van der Waals surface area contributed by atoms with E-state index in [0.717, 1.165) is 18.1 Å². The van der Waals surface area contributed by atoms with Gasteiger partial charge in [0.25, 0.3) is 0 Å². The van der Waals surface area contributed by atoms with Crippen molar-refractivity contribution in [2.24, 2.45) is 0 Å². The maximum atomic E-state index is 14.1. The number of fused-ring (bicyclic) bond motifs is 1. The van der Waals surface area contributed by atoms with Crippen LogP contribution in [-0.2, 0) is 0 Å². The molecule has 5 nitrogen and oxygen atoms in total. The van der Waals surface area contributed by atoms with Crippen LogP contribution in [0.3, 0.4) is 0 Å². The number of nitrogens with zero attached hydrogens (tertiary/aromatic N) is 5. The van der Waals surface area contributed by atoms with Gasteiger partial charge >= 0.3 is 0 Å². The predicted molar refractivity (Wildman–Crippen MR) is 94.9 cm³/mol. The second-order valence-corrected chi connectivity index (χ2v) is 7.46. The number of halogens is 1. The molecule has 7 heteroatoms. The standard InChI is InChI=1S/C17H18FN5S/c1-11-12(2)24-10-9-22(11)16-8-7-15-19-20-17(23(15)21-16)13-5-3-4-6-14(13)18/h3-8,11-12H,9-10H2,1-2H3. The lowest BCUT2D eigenvalue weighted by atomic mass is 10.2. The van der Waals surface area contributed by atoms with Crippen LogP contribution in [0.15, 0.2) is 36.4 Å². The number of aromatic nitrogens is 4. The van der Waals surface area contributed by atoms with Crippen LogP contribution < -0.4 is 4.90 Å². The molecule has 4 rings (SSSR count). The fourth-order valence-corrected chi connectivity index (χ4v) is 4.10. The molecular formula is C17H18FN5S. The third kappa shape index (κ3) is 2.53. The van der Waals surface area contributed by atoms with Gasteiger partial charge in [0, 0.05) is 23.6 Å². The van der Waals surface area contributed by atoms with Gasteiger partial charge in [0.05, 0.1) is 5.56 Å². The molecule has 2 aromatic heterocycles. The van der Waals surface area contributed by atoms with Crippen molar-refractivity contribution >= 4 is 23.2 Å². The zero-order valence-electron chi connectivity index (χ0n) is 13.6. The van der Waals surface area contributed by atoms with Gasteiger partial charge in [-0.15, -0.1) is 15.3 Å². The highest BCUT2D eigenvalue weighted by molar-refractivity contribution is 8.00. The first kappa shape index (κ1) is 15.4. The highest BCUT2D eigenvalue weighted by atomic mass is 32.2. The van der Waals surface area contributed by atoms with Crippen LogP contribution in [0.1, 0.15) is 13.8 Å². The molecule has 0 aliphatic carbocycles. The van der Waals surface area contributed by atoms with Gasteiger partial charge in [0.2, 0.25) is 0 Å². The summed E-state index contributed by atoms with van der Waals surface area (Å²) in [7, 11) is 0. The number of benzene rings is 1. The Labute approximate surface area is 143 Å². The molecule has 1 aromatic carbocycles. The molecule has 124 valence electrons. The molecule has 0 N–H and O–H groups in total. The summed E-state index contributed by atoms with van der Waals surface area (Å²) >= 11 is 1.98. The van der Waals surface area contributed by atoms with Gasteiger partial charge in [-0.1, -0.05) is 19.1 Å². The quantitative estimate of drug-likeness (QED) is 0.715. The monoisotopic (exact) mass is 343 g/mol. The van der Waals surface area contributed by atoms with Crippen molar-refractivity contribution in [3.05, 3.63) is 42.2 Å². The van der Waals surface area contributed by atoms with Crippen molar-refractivity contribution in [1.29, 1.82) is 0 Å². The number of anilines is 1. The Morgan fingerprint density at radius 2 is 1.96 bits per heavy atom.